The molecule has 1 aliphatic carbocycles. The van der Waals surface area contributed by atoms with Gasteiger partial charge in [0.05, 0.1) is 0 Å². The standard InChI is InChI=1S/C9H10.C5H11NO/c1-2-4-8(5-3-1)9-6-7-9;1-2-3-4-6-5-7/h1-5,9H,6-7H2;5H,2-4H2,1H3,(H,6,7). The van der Waals surface area contributed by atoms with Crippen LogP contribution in [0.4, 0.5) is 0 Å². The van der Waals surface area contributed by atoms with Gasteiger partial charge in [0, 0.05) is 6.54 Å². The molecule has 1 aromatic carbocycles. The second-order valence-corrected chi connectivity index (χ2v) is 4.11. The number of amides is 1. The Morgan fingerprint density at radius 2 is 2.00 bits per heavy atom. The number of unbranched alkanes of at least 4 members (excludes halogenated alkanes) is 1. The average molecular weight is 219 g/mol. The molecule has 0 heterocycles. The Labute approximate surface area is 98.1 Å². The van der Waals surface area contributed by atoms with Crippen molar-refractivity contribution in [1.82, 2.24) is 5.32 Å². The van der Waals surface area contributed by atoms with E-state index in [0.717, 1.165) is 31.7 Å². The summed E-state index contributed by atoms with van der Waals surface area (Å²) in [6.07, 6.45) is 5.77. The Bertz CT molecular complexity index is 280. The van der Waals surface area contributed by atoms with Crippen molar-refractivity contribution in [1.29, 1.82) is 0 Å². The first-order valence-corrected chi connectivity index (χ1v) is 6.10. The fourth-order valence-corrected chi connectivity index (χ4v) is 1.48. The zero-order valence-corrected chi connectivity index (χ0v) is 9.99. The molecule has 2 heteroatoms. The molecular formula is C14H21NO. The molecule has 1 aromatic rings. The molecule has 0 atom stereocenters. The molecule has 1 fully saturated rings. The van der Waals surface area contributed by atoms with E-state index < -0.39 is 0 Å². The van der Waals surface area contributed by atoms with Gasteiger partial charge in [-0.05, 0) is 30.7 Å². The summed E-state index contributed by atoms with van der Waals surface area (Å²) < 4.78 is 0. The van der Waals surface area contributed by atoms with Gasteiger partial charge < -0.3 is 5.32 Å². The smallest absolute Gasteiger partial charge is 0.207 e. The van der Waals surface area contributed by atoms with E-state index in [1.807, 2.05) is 0 Å². The third-order valence-corrected chi connectivity index (χ3v) is 2.61. The number of hydrogen-bond donors (Lipinski definition) is 1. The van der Waals surface area contributed by atoms with Crippen LogP contribution in [0.1, 0.15) is 44.1 Å². The van der Waals surface area contributed by atoms with E-state index in [1.165, 1.54) is 18.4 Å². The third-order valence-electron chi connectivity index (χ3n) is 2.61. The van der Waals surface area contributed by atoms with Crippen LogP contribution >= 0.6 is 0 Å². The first-order valence-electron chi connectivity index (χ1n) is 6.10. The first kappa shape index (κ1) is 12.8. The van der Waals surface area contributed by atoms with Crippen molar-refractivity contribution in [2.75, 3.05) is 6.54 Å². The molecule has 0 bridgehead atoms. The van der Waals surface area contributed by atoms with Crippen LogP contribution in [0, 0.1) is 0 Å². The monoisotopic (exact) mass is 219 g/mol. The highest BCUT2D eigenvalue weighted by Gasteiger charge is 2.22. The lowest BCUT2D eigenvalue weighted by Crippen LogP contribution is -2.11. The van der Waals surface area contributed by atoms with E-state index in [1.54, 1.807) is 0 Å². The van der Waals surface area contributed by atoms with E-state index in [-0.39, 0.29) is 0 Å². The van der Waals surface area contributed by atoms with Gasteiger partial charge in [-0.2, -0.15) is 0 Å². The summed E-state index contributed by atoms with van der Waals surface area (Å²) >= 11 is 0. The maximum Gasteiger partial charge on any atom is 0.207 e. The van der Waals surface area contributed by atoms with Crippen LogP contribution in [0.15, 0.2) is 30.3 Å². The lowest BCUT2D eigenvalue weighted by Gasteiger charge is -1.92. The van der Waals surface area contributed by atoms with Crippen molar-refractivity contribution in [2.45, 2.75) is 38.5 Å². The molecule has 0 saturated heterocycles. The van der Waals surface area contributed by atoms with Gasteiger partial charge in [-0.25, -0.2) is 0 Å². The van der Waals surface area contributed by atoms with Crippen molar-refractivity contribution in [3.05, 3.63) is 35.9 Å². The van der Waals surface area contributed by atoms with Crippen LogP contribution in [-0.4, -0.2) is 13.0 Å². The Balaban J connectivity index is 0.000000168. The summed E-state index contributed by atoms with van der Waals surface area (Å²) in [5.74, 6) is 0.909. The highest BCUT2D eigenvalue weighted by atomic mass is 16.1. The molecule has 0 aliphatic heterocycles. The number of hydrogen-bond acceptors (Lipinski definition) is 1. The van der Waals surface area contributed by atoms with Crippen molar-refractivity contribution in [3.8, 4) is 0 Å². The maximum absolute atomic E-state index is 9.57. The minimum atomic E-state index is 0.732. The van der Waals surface area contributed by atoms with Crippen LogP contribution in [0.3, 0.4) is 0 Å². The fourth-order valence-electron chi connectivity index (χ4n) is 1.48. The quantitative estimate of drug-likeness (QED) is 0.598. The molecule has 1 saturated carbocycles. The summed E-state index contributed by atoms with van der Waals surface area (Å²) in [4.78, 5) is 9.57. The van der Waals surface area contributed by atoms with Gasteiger partial charge in [0.1, 0.15) is 0 Å². The van der Waals surface area contributed by atoms with E-state index in [2.05, 4.69) is 42.6 Å². The van der Waals surface area contributed by atoms with Crippen molar-refractivity contribution in [2.24, 2.45) is 0 Å². The highest BCUT2D eigenvalue weighted by molar-refractivity contribution is 5.45. The molecule has 16 heavy (non-hydrogen) atoms. The van der Waals surface area contributed by atoms with Gasteiger partial charge in [0.15, 0.2) is 0 Å². The molecule has 1 amide bonds. The molecule has 0 aromatic heterocycles. The van der Waals surface area contributed by atoms with Crippen LogP contribution in [0.2, 0.25) is 0 Å². The molecule has 0 radical (unpaired) electrons. The summed E-state index contributed by atoms with van der Waals surface area (Å²) in [5.41, 5.74) is 1.53. The van der Waals surface area contributed by atoms with Crippen LogP contribution < -0.4 is 5.32 Å². The molecule has 1 aliphatic rings. The molecule has 2 nitrogen and oxygen atoms in total. The second-order valence-electron chi connectivity index (χ2n) is 4.11. The van der Waals surface area contributed by atoms with E-state index in [9.17, 15) is 4.79 Å². The second kappa shape index (κ2) is 7.91. The van der Waals surface area contributed by atoms with Gasteiger partial charge >= 0.3 is 0 Å². The number of rotatable bonds is 5. The van der Waals surface area contributed by atoms with Crippen molar-refractivity contribution in [3.63, 3.8) is 0 Å². The molecule has 0 unspecified atom stereocenters. The minimum Gasteiger partial charge on any atom is -0.359 e. The minimum absolute atomic E-state index is 0.732. The molecule has 2 rings (SSSR count). The van der Waals surface area contributed by atoms with E-state index in [0.29, 0.717) is 0 Å². The van der Waals surface area contributed by atoms with Gasteiger partial charge in [0.2, 0.25) is 6.41 Å². The number of carbonyl (C=O) groups is 1. The number of carbonyl (C=O) groups excluding carboxylic acids is 1. The van der Waals surface area contributed by atoms with Crippen LogP contribution in [0.25, 0.3) is 0 Å². The summed E-state index contributed by atoms with van der Waals surface area (Å²) in [5, 5.41) is 2.57. The van der Waals surface area contributed by atoms with E-state index >= 15 is 0 Å². The lowest BCUT2D eigenvalue weighted by molar-refractivity contribution is -0.109. The Hall–Kier alpha value is -1.31. The lowest BCUT2D eigenvalue weighted by atomic mass is 10.1. The number of nitrogens with one attached hydrogen (secondary N) is 1. The predicted octanol–water partition coefficient (Wildman–Crippen LogP) is 3.10. The summed E-state index contributed by atoms with van der Waals surface area (Å²) in [7, 11) is 0. The highest BCUT2D eigenvalue weighted by Crippen LogP contribution is 2.39. The van der Waals surface area contributed by atoms with Crippen LogP contribution in [0.5, 0.6) is 0 Å². The van der Waals surface area contributed by atoms with Crippen LogP contribution in [-0.2, 0) is 4.79 Å². The first-order chi connectivity index (χ1) is 7.88. The summed E-state index contributed by atoms with van der Waals surface area (Å²) in [6, 6.07) is 10.8. The maximum atomic E-state index is 9.57. The average Bonchev–Trinajstić information content (AvgIpc) is 3.16. The van der Waals surface area contributed by atoms with Crippen molar-refractivity contribution >= 4 is 6.41 Å². The molecule has 0 spiro atoms. The number of benzene rings is 1. The van der Waals surface area contributed by atoms with Gasteiger partial charge in [-0.1, -0.05) is 43.7 Å². The van der Waals surface area contributed by atoms with Crippen molar-refractivity contribution < 1.29 is 4.79 Å². The zero-order valence-electron chi connectivity index (χ0n) is 9.99. The fraction of sp³-hybridized carbons (Fsp3) is 0.500. The summed E-state index contributed by atoms with van der Waals surface area (Å²) in [6.45, 7) is 2.91. The third kappa shape index (κ3) is 5.54. The largest absolute Gasteiger partial charge is 0.359 e. The Kier molecular flexibility index (Phi) is 6.31. The Morgan fingerprint density at radius 3 is 2.50 bits per heavy atom. The Morgan fingerprint density at radius 1 is 1.31 bits per heavy atom. The van der Waals surface area contributed by atoms with Gasteiger partial charge in [-0.15, -0.1) is 0 Å². The predicted molar refractivity (Wildman–Crippen MR) is 67.4 cm³/mol. The molecule has 1 N–H and O–H groups in total. The molecular weight excluding hydrogens is 198 g/mol. The topological polar surface area (TPSA) is 29.1 Å². The van der Waals surface area contributed by atoms with Gasteiger partial charge in [-0.3, -0.25) is 4.79 Å². The zero-order chi connectivity index (χ0) is 11.6. The molecule has 88 valence electrons. The van der Waals surface area contributed by atoms with Gasteiger partial charge in [0.25, 0.3) is 0 Å². The van der Waals surface area contributed by atoms with E-state index in [4.69, 9.17) is 0 Å². The normalized spacial score (nSPS) is 13.6. The SMILES string of the molecule is CCCCNC=O.c1ccc(C2CC2)cc1.